The molecule has 0 aliphatic heterocycles. The van der Waals surface area contributed by atoms with Crippen molar-refractivity contribution in [3.05, 3.63) is 18.0 Å². The third-order valence-electron chi connectivity index (χ3n) is 3.35. The van der Waals surface area contributed by atoms with Crippen molar-refractivity contribution < 1.29 is 5.11 Å². The van der Waals surface area contributed by atoms with E-state index in [1.807, 2.05) is 17.9 Å². The molecule has 0 spiro atoms. The summed E-state index contributed by atoms with van der Waals surface area (Å²) >= 11 is 0. The molecule has 3 nitrogen and oxygen atoms in total. The van der Waals surface area contributed by atoms with E-state index in [1.165, 1.54) is 24.8 Å². The van der Waals surface area contributed by atoms with Gasteiger partial charge in [-0.05, 0) is 37.2 Å². The van der Waals surface area contributed by atoms with Crippen LogP contribution in [-0.4, -0.2) is 21.0 Å². The quantitative estimate of drug-likeness (QED) is 0.824. The number of aliphatic hydroxyl groups excluding tert-OH is 1. The van der Waals surface area contributed by atoms with E-state index >= 15 is 0 Å². The van der Waals surface area contributed by atoms with Gasteiger partial charge in [-0.1, -0.05) is 12.8 Å². The summed E-state index contributed by atoms with van der Waals surface area (Å²) in [6.07, 6.45) is 10.8. The molecule has 1 N–H and O–H groups in total. The van der Waals surface area contributed by atoms with Crippen molar-refractivity contribution in [2.75, 3.05) is 0 Å². The van der Waals surface area contributed by atoms with Crippen molar-refractivity contribution in [3.8, 4) is 0 Å². The highest BCUT2D eigenvalue weighted by Crippen LogP contribution is 2.27. The molecule has 1 aliphatic rings. The molecule has 1 heterocycles. The average Bonchev–Trinajstić information content (AvgIpc) is 2.62. The molecular formula is C12H20N2O. The Hall–Kier alpha value is -0.830. The Morgan fingerprint density at radius 2 is 2.40 bits per heavy atom. The van der Waals surface area contributed by atoms with Gasteiger partial charge in [0.15, 0.2) is 0 Å². The van der Waals surface area contributed by atoms with Gasteiger partial charge in [0, 0.05) is 13.2 Å². The Morgan fingerprint density at radius 1 is 1.53 bits per heavy atom. The van der Waals surface area contributed by atoms with Gasteiger partial charge in [0.2, 0.25) is 0 Å². The average molecular weight is 208 g/mol. The summed E-state index contributed by atoms with van der Waals surface area (Å²) in [5.41, 5.74) is 1.32. The fraction of sp³-hybridized carbons (Fsp3) is 0.750. The summed E-state index contributed by atoms with van der Waals surface area (Å²) in [7, 11) is 1.95. The predicted octanol–water partition coefficient (Wildman–Crippen LogP) is 1.90. The van der Waals surface area contributed by atoms with Crippen LogP contribution in [0.3, 0.4) is 0 Å². The number of aliphatic hydroxyl groups is 1. The molecule has 1 aromatic heterocycles. The minimum atomic E-state index is -0.0438. The summed E-state index contributed by atoms with van der Waals surface area (Å²) in [5, 5.41) is 13.7. The van der Waals surface area contributed by atoms with Gasteiger partial charge in [-0.2, -0.15) is 5.10 Å². The van der Waals surface area contributed by atoms with E-state index in [1.54, 1.807) is 0 Å². The fourth-order valence-corrected chi connectivity index (χ4v) is 2.50. The Kier molecular flexibility index (Phi) is 3.41. The van der Waals surface area contributed by atoms with Crippen LogP contribution in [-0.2, 0) is 13.5 Å². The molecule has 0 radical (unpaired) electrons. The number of aryl methyl sites for hydroxylation is 2. The maximum absolute atomic E-state index is 9.56. The molecular weight excluding hydrogens is 188 g/mol. The third-order valence-corrected chi connectivity index (χ3v) is 3.35. The zero-order valence-corrected chi connectivity index (χ0v) is 9.39. The first-order valence-electron chi connectivity index (χ1n) is 5.89. The Balaban J connectivity index is 1.77. The molecule has 1 fully saturated rings. The summed E-state index contributed by atoms with van der Waals surface area (Å²) in [6.45, 7) is 0. The van der Waals surface area contributed by atoms with Crippen molar-refractivity contribution in [1.82, 2.24) is 9.78 Å². The van der Waals surface area contributed by atoms with Gasteiger partial charge in [0.25, 0.3) is 0 Å². The molecule has 0 amide bonds. The molecule has 0 bridgehead atoms. The normalized spacial score (nSPS) is 26.8. The summed E-state index contributed by atoms with van der Waals surface area (Å²) in [4.78, 5) is 0. The Morgan fingerprint density at radius 3 is 3.07 bits per heavy atom. The monoisotopic (exact) mass is 208 g/mol. The molecule has 3 heteroatoms. The fourth-order valence-electron chi connectivity index (χ4n) is 2.50. The predicted molar refractivity (Wildman–Crippen MR) is 59.5 cm³/mol. The molecule has 2 rings (SSSR count). The van der Waals surface area contributed by atoms with E-state index in [2.05, 4.69) is 11.3 Å². The van der Waals surface area contributed by atoms with Crippen molar-refractivity contribution in [2.24, 2.45) is 13.0 Å². The lowest BCUT2D eigenvalue weighted by Gasteiger charge is -2.25. The van der Waals surface area contributed by atoms with E-state index in [0.717, 1.165) is 19.3 Å². The third kappa shape index (κ3) is 3.06. The van der Waals surface area contributed by atoms with Crippen molar-refractivity contribution in [3.63, 3.8) is 0 Å². The SMILES string of the molecule is Cn1cc(CCC2CCCC(O)C2)cn1. The van der Waals surface area contributed by atoms with E-state index in [9.17, 15) is 5.11 Å². The molecule has 15 heavy (non-hydrogen) atoms. The molecule has 1 aliphatic carbocycles. The number of nitrogens with zero attached hydrogens (tertiary/aromatic N) is 2. The zero-order valence-electron chi connectivity index (χ0n) is 9.39. The van der Waals surface area contributed by atoms with Gasteiger partial charge in [0.05, 0.1) is 12.3 Å². The van der Waals surface area contributed by atoms with Gasteiger partial charge >= 0.3 is 0 Å². The summed E-state index contributed by atoms with van der Waals surface area (Å²) < 4.78 is 1.85. The molecule has 1 saturated carbocycles. The zero-order chi connectivity index (χ0) is 10.7. The van der Waals surface area contributed by atoms with Crippen molar-refractivity contribution in [2.45, 2.75) is 44.6 Å². The molecule has 2 atom stereocenters. The first kappa shape index (κ1) is 10.7. The van der Waals surface area contributed by atoms with Crippen LogP contribution in [0.1, 0.15) is 37.7 Å². The lowest BCUT2D eigenvalue weighted by atomic mass is 9.84. The van der Waals surface area contributed by atoms with Crippen molar-refractivity contribution >= 4 is 0 Å². The molecule has 2 unspecified atom stereocenters. The molecule has 1 aromatic rings. The highest BCUT2D eigenvalue weighted by molar-refractivity contribution is 5.03. The number of aromatic nitrogens is 2. The lowest BCUT2D eigenvalue weighted by Crippen LogP contribution is -2.19. The topological polar surface area (TPSA) is 38.0 Å². The van der Waals surface area contributed by atoms with Gasteiger partial charge in [-0.3, -0.25) is 4.68 Å². The second kappa shape index (κ2) is 4.79. The smallest absolute Gasteiger partial charge is 0.0542 e. The van der Waals surface area contributed by atoms with E-state index in [-0.39, 0.29) is 6.10 Å². The standard InChI is InChI=1S/C12H20N2O/c1-14-9-11(8-13-14)6-5-10-3-2-4-12(15)7-10/h8-10,12,15H,2-7H2,1H3. The first-order chi connectivity index (χ1) is 7.24. The second-order valence-electron chi connectivity index (χ2n) is 4.75. The van der Waals surface area contributed by atoms with Gasteiger partial charge in [-0.25, -0.2) is 0 Å². The number of hydrogen-bond acceptors (Lipinski definition) is 2. The highest BCUT2D eigenvalue weighted by atomic mass is 16.3. The van der Waals surface area contributed by atoms with Crippen LogP contribution < -0.4 is 0 Å². The van der Waals surface area contributed by atoms with Crippen LogP contribution in [0, 0.1) is 5.92 Å². The summed E-state index contributed by atoms with van der Waals surface area (Å²) in [6, 6.07) is 0. The van der Waals surface area contributed by atoms with E-state index < -0.39 is 0 Å². The van der Waals surface area contributed by atoms with Crippen LogP contribution in [0.25, 0.3) is 0 Å². The van der Waals surface area contributed by atoms with E-state index in [4.69, 9.17) is 0 Å². The molecule has 84 valence electrons. The summed E-state index contributed by atoms with van der Waals surface area (Å²) in [5.74, 6) is 0.717. The van der Waals surface area contributed by atoms with Gasteiger partial charge < -0.3 is 5.11 Å². The van der Waals surface area contributed by atoms with Gasteiger partial charge in [-0.15, -0.1) is 0 Å². The van der Waals surface area contributed by atoms with Crippen LogP contribution in [0.5, 0.6) is 0 Å². The molecule has 0 aromatic carbocycles. The maximum atomic E-state index is 9.56. The molecule has 0 saturated heterocycles. The van der Waals surface area contributed by atoms with Crippen LogP contribution >= 0.6 is 0 Å². The minimum absolute atomic E-state index is 0.0438. The first-order valence-corrected chi connectivity index (χ1v) is 5.89. The largest absolute Gasteiger partial charge is 0.393 e. The Labute approximate surface area is 91.1 Å². The minimum Gasteiger partial charge on any atom is -0.393 e. The van der Waals surface area contributed by atoms with Gasteiger partial charge in [0.1, 0.15) is 0 Å². The van der Waals surface area contributed by atoms with Crippen LogP contribution in [0.4, 0.5) is 0 Å². The van der Waals surface area contributed by atoms with Crippen LogP contribution in [0.2, 0.25) is 0 Å². The van der Waals surface area contributed by atoms with Crippen LogP contribution in [0.15, 0.2) is 12.4 Å². The number of hydrogen-bond donors (Lipinski definition) is 1. The number of rotatable bonds is 3. The highest BCUT2D eigenvalue weighted by Gasteiger charge is 2.19. The van der Waals surface area contributed by atoms with Crippen molar-refractivity contribution in [1.29, 1.82) is 0 Å². The lowest BCUT2D eigenvalue weighted by molar-refractivity contribution is 0.0984. The maximum Gasteiger partial charge on any atom is 0.0542 e. The second-order valence-corrected chi connectivity index (χ2v) is 4.75. The Bertz CT molecular complexity index is 308. The van der Waals surface area contributed by atoms with E-state index in [0.29, 0.717) is 5.92 Å².